The Balaban J connectivity index is 0.00000147. The lowest BCUT2D eigenvalue weighted by Crippen LogP contribution is -2.51. The maximum atomic E-state index is 12.5. The van der Waals surface area contributed by atoms with Crippen LogP contribution in [0.2, 0.25) is 0 Å². The summed E-state index contributed by atoms with van der Waals surface area (Å²) in [4.78, 5) is 18.8. The minimum atomic E-state index is 0. The molecule has 1 amide bonds. The molecule has 0 aromatic carbocycles. The van der Waals surface area contributed by atoms with E-state index in [0.717, 1.165) is 25.3 Å². The van der Waals surface area contributed by atoms with E-state index in [0.29, 0.717) is 17.3 Å². The highest BCUT2D eigenvalue weighted by atomic mass is 35.5. The molecule has 0 spiro atoms. The third kappa shape index (κ3) is 2.62. The molecule has 2 aromatic heterocycles. The van der Waals surface area contributed by atoms with Crippen LogP contribution in [0, 0.1) is 6.92 Å². The van der Waals surface area contributed by atoms with Crippen LogP contribution in [-0.2, 0) is 0 Å². The minimum absolute atomic E-state index is 0. The largest absolute Gasteiger partial charge is 0.336 e. The Bertz CT molecular complexity index is 626. The number of carbonyl (C=O) groups excluding carboxylic acids is 1. The van der Waals surface area contributed by atoms with Crippen molar-refractivity contribution in [1.29, 1.82) is 0 Å². The summed E-state index contributed by atoms with van der Waals surface area (Å²) in [5.41, 5.74) is 2.10. The van der Waals surface area contributed by atoms with Crippen LogP contribution < -0.4 is 5.32 Å². The van der Waals surface area contributed by atoms with E-state index in [-0.39, 0.29) is 18.3 Å². The number of halogens is 1. The van der Waals surface area contributed by atoms with Gasteiger partial charge in [-0.05, 0) is 19.9 Å². The summed E-state index contributed by atoms with van der Waals surface area (Å²) in [6.45, 7) is 6.28. The fraction of sp³-hybridized carbons (Fsp3) is 0.462. The van der Waals surface area contributed by atoms with Crippen LogP contribution in [0.15, 0.2) is 18.5 Å². The molecule has 1 fully saturated rings. The van der Waals surface area contributed by atoms with Gasteiger partial charge in [0, 0.05) is 37.6 Å². The first-order valence-electron chi connectivity index (χ1n) is 6.49. The van der Waals surface area contributed by atoms with Gasteiger partial charge in [-0.25, -0.2) is 9.50 Å². The number of aryl methyl sites for hydroxylation is 1. The Kier molecular flexibility index (Phi) is 4.25. The number of nitrogens with zero attached hydrogens (tertiary/aromatic N) is 4. The quantitative estimate of drug-likeness (QED) is 0.849. The van der Waals surface area contributed by atoms with Crippen LogP contribution in [0.25, 0.3) is 5.65 Å². The molecule has 0 bridgehead atoms. The van der Waals surface area contributed by atoms with E-state index in [4.69, 9.17) is 0 Å². The molecule has 6 nitrogen and oxygen atoms in total. The zero-order chi connectivity index (χ0) is 13.4. The predicted molar refractivity (Wildman–Crippen MR) is 78.3 cm³/mol. The van der Waals surface area contributed by atoms with Gasteiger partial charge in [0.15, 0.2) is 5.65 Å². The van der Waals surface area contributed by atoms with Gasteiger partial charge in [-0.15, -0.1) is 12.4 Å². The maximum absolute atomic E-state index is 12.5. The maximum Gasteiger partial charge on any atom is 0.259 e. The van der Waals surface area contributed by atoms with Gasteiger partial charge < -0.3 is 10.2 Å². The molecular formula is C13H18ClN5O. The topological polar surface area (TPSA) is 62.5 Å². The number of hydrogen-bond donors (Lipinski definition) is 1. The monoisotopic (exact) mass is 295 g/mol. The fourth-order valence-corrected chi connectivity index (χ4v) is 2.40. The van der Waals surface area contributed by atoms with Crippen molar-refractivity contribution < 1.29 is 4.79 Å². The standard InChI is InChI=1S/C13H17N5O.ClH/c1-9-3-5-18-12(16-9)11(7-15-18)13(19)17-6-4-14-10(2)8-17;/h3,5,7,10,14H,4,6,8H2,1-2H3;1H. The van der Waals surface area contributed by atoms with Crippen molar-refractivity contribution in [3.05, 3.63) is 29.7 Å². The summed E-state index contributed by atoms with van der Waals surface area (Å²) in [6.07, 6.45) is 3.44. The highest BCUT2D eigenvalue weighted by Crippen LogP contribution is 2.13. The molecule has 2 aromatic rings. The second-order valence-electron chi connectivity index (χ2n) is 5.00. The first-order valence-corrected chi connectivity index (χ1v) is 6.49. The Morgan fingerprint density at radius 2 is 2.30 bits per heavy atom. The SMILES string of the molecule is Cc1ccn2ncc(C(=O)N3CCNC(C)C3)c2n1.Cl. The molecular weight excluding hydrogens is 278 g/mol. The molecule has 3 heterocycles. The Morgan fingerprint density at radius 1 is 1.50 bits per heavy atom. The van der Waals surface area contributed by atoms with Crippen molar-refractivity contribution in [2.45, 2.75) is 19.9 Å². The Morgan fingerprint density at radius 3 is 3.05 bits per heavy atom. The van der Waals surface area contributed by atoms with E-state index in [9.17, 15) is 4.79 Å². The molecule has 1 unspecified atom stereocenters. The molecule has 0 radical (unpaired) electrons. The van der Waals surface area contributed by atoms with Crippen LogP contribution in [0.4, 0.5) is 0 Å². The molecule has 1 saturated heterocycles. The normalized spacial score (nSPS) is 18.9. The van der Waals surface area contributed by atoms with Crippen LogP contribution in [0.5, 0.6) is 0 Å². The summed E-state index contributed by atoms with van der Waals surface area (Å²) in [5.74, 6) is 0.0152. The molecule has 1 atom stereocenters. The van der Waals surface area contributed by atoms with Crippen molar-refractivity contribution in [2.24, 2.45) is 0 Å². The molecule has 0 saturated carbocycles. The van der Waals surface area contributed by atoms with Crippen LogP contribution in [-0.4, -0.2) is 51.1 Å². The van der Waals surface area contributed by atoms with Crippen molar-refractivity contribution in [1.82, 2.24) is 24.8 Å². The van der Waals surface area contributed by atoms with E-state index >= 15 is 0 Å². The summed E-state index contributed by atoms with van der Waals surface area (Å²) < 4.78 is 1.64. The molecule has 1 aliphatic heterocycles. The number of piperazine rings is 1. The summed E-state index contributed by atoms with van der Waals surface area (Å²) in [6, 6.07) is 2.20. The average molecular weight is 296 g/mol. The van der Waals surface area contributed by atoms with Gasteiger partial charge in [-0.1, -0.05) is 0 Å². The lowest BCUT2D eigenvalue weighted by molar-refractivity contribution is 0.0711. The van der Waals surface area contributed by atoms with Gasteiger partial charge in [0.05, 0.1) is 6.20 Å². The number of carbonyl (C=O) groups is 1. The number of amides is 1. The Labute approximate surface area is 123 Å². The van der Waals surface area contributed by atoms with Gasteiger partial charge in [-0.2, -0.15) is 5.10 Å². The molecule has 1 N–H and O–H groups in total. The van der Waals surface area contributed by atoms with E-state index in [1.807, 2.05) is 24.1 Å². The second kappa shape index (κ2) is 5.76. The third-order valence-electron chi connectivity index (χ3n) is 3.39. The summed E-state index contributed by atoms with van der Waals surface area (Å²) in [5, 5.41) is 7.51. The van der Waals surface area contributed by atoms with Gasteiger partial charge in [0.25, 0.3) is 5.91 Å². The highest BCUT2D eigenvalue weighted by Gasteiger charge is 2.24. The fourth-order valence-electron chi connectivity index (χ4n) is 2.40. The molecule has 7 heteroatoms. The molecule has 1 aliphatic rings. The van der Waals surface area contributed by atoms with Crippen molar-refractivity contribution in [3.63, 3.8) is 0 Å². The van der Waals surface area contributed by atoms with E-state index in [1.165, 1.54) is 0 Å². The van der Waals surface area contributed by atoms with Gasteiger partial charge in [0.1, 0.15) is 5.56 Å². The van der Waals surface area contributed by atoms with Gasteiger partial charge >= 0.3 is 0 Å². The first-order chi connectivity index (χ1) is 9.15. The van der Waals surface area contributed by atoms with Crippen molar-refractivity contribution >= 4 is 24.0 Å². The Hall–Kier alpha value is -1.66. The predicted octanol–water partition coefficient (Wildman–Crippen LogP) is 0.893. The number of aromatic nitrogens is 3. The van der Waals surface area contributed by atoms with Crippen LogP contribution in [0.3, 0.4) is 0 Å². The lowest BCUT2D eigenvalue weighted by Gasteiger charge is -2.31. The molecule has 20 heavy (non-hydrogen) atoms. The number of rotatable bonds is 1. The first kappa shape index (κ1) is 14.7. The molecule has 108 valence electrons. The zero-order valence-corrected chi connectivity index (χ0v) is 12.4. The van der Waals surface area contributed by atoms with E-state index < -0.39 is 0 Å². The van der Waals surface area contributed by atoms with Crippen LogP contribution >= 0.6 is 12.4 Å². The molecule has 3 rings (SSSR count). The van der Waals surface area contributed by atoms with Crippen molar-refractivity contribution in [3.8, 4) is 0 Å². The minimum Gasteiger partial charge on any atom is -0.336 e. The van der Waals surface area contributed by atoms with Gasteiger partial charge in [-0.3, -0.25) is 4.79 Å². The second-order valence-corrected chi connectivity index (χ2v) is 5.00. The van der Waals surface area contributed by atoms with E-state index in [2.05, 4.69) is 22.3 Å². The zero-order valence-electron chi connectivity index (χ0n) is 11.5. The lowest BCUT2D eigenvalue weighted by atomic mass is 10.2. The highest BCUT2D eigenvalue weighted by molar-refractivity contribution is 5.99. The summed E-state index contributed by atoms with van der Waals surface area (Å²) in [7, 11) is 0. The number of nitrogens with one attached hydrogen (secondary N) is 1. The van der Waals surface area contributed by atoms with Crippen molar-refractivity contribution in [2.75, 3.05) is 19.6 Å². The van der Waals surface area contributed by atoms with Gasteiger partial charge in [0.2, 0.25) is 0 Å². The molecule has 0 aliphatic carbocycles. The summed E-state index contributed by atoms with van der Waals surface area (Å²) >= 11 is 0. The van der Waals surface area contributed by atoms with E-state index in [1.54, 1.807) is 10.7 Å². The smallest absolute Gasteiger partial charge is 0.259 e. The van der Waals surface area contributed by atoms with Crippen LogP contribution in [0.1, 0.15) is 23.0 Å². The number of hydrogen-bond acceptors (Lipinski definition) is 4. The average Bonchev–Trinajstić information content (AvgIpc) is 2.80. The third-order valence-corrected chi connectivity index (χ3v) is 3.39. The number of fused-ring (bicyclic) bond motifs is 1.